The maximum absolute atomic E-state index is 12.2. The van der Waals surface area contributed by atoms with E-state index >= 15 is 0 Å². The van der Waals surface area contributed by atoms with Crippen LogP contribution in [-0.4, -0.2) is 33.6 Å². The van der Waals surface area contributed by atoms with Gasteiger partial charge in [-0.15, -0.1) is 0 Å². The van der Waals surface area contributed by atoms with E-state index in [1.165, 1.54) is 0 Å². The van der Waals surface area contributed by atoms with Gasteiger partial charge in [0.25, 0.3) is 0 Å². The zero-order valence-electron chi connectivity index (χ0n) is 11.0. The van der Waals surface area contributed by atoms with Crippen LogP contribution in [0.3, 0.4) is 0 Å². The summed E-state index contributed by atoms with van der Waals surface area (Å²) < 4.78 is 38.2. The molecule has 2 aromatic heterocycles. The fraction of sp³-hybridized carbons (Fsp3) is 0.500. The number of halogens is 3. The number of rotatable bonds is 6. The van der Waals surface area contributed by atoms with Crippen molar-refractivity contribution in [3.05, 3.63) is 18.6 Å². The van der Waals surface area contributed by atoms with Crippen molar-refractivity contribution in [2.24, 2.45) is 0 Å². The van der Waals surface area contributed by atoms with Crippen LogP contribution in [0.25, 0.3) is 5.65 Å². The Labute approximate surface area is 114 Å². The summed E-state index contributed by atoms with van der Waals surface area (Å²) in [6.07, 6.45) is 0.900. The zero-order valence-corrected chi connectivity index (χ0v) is 11.0. The predicted molar refractivity (Wildman–Crippen MR) is 70.9 cm³/mol. The number of aromatic nitrogens is 3. The van der Waals surface area contributed by atoms with Crippen LogP contribution in [-0.2, 0) is 0 Å². The Morgan fingerprint density at radius 2 is 2.05 bits per heavy atom. The van der Waals surface area contributed by atoms with Gasteiger partial charge in [0, 0.05) is 25.5 Å². The minimum atomic E-state index is -4.18. The first-order valence-corrected chi connectivity index (χ1v) is 6.38. The molecule has 0 saturated heterocycles. The van der Waals surface area contributed by atoms with Crippen LogP contribution in [0.2, 0.25) is 0 Å². The van der Waals surface area contributed by atoms with Gasteiger partial charge in [-0.3, -0.25) is 0 Å². The van der Waals surface area contributed by atoms with Crippen molar-refractivity contribution in [2.75, 3.05) is 23.7 Å². The number of nitrogens with zero attached hydrogens (tertiary/aromatic N) is 3. The van der Waals surface area contributed by atoms with Gasteiger partial charge < -0.3 is 15.0 Å². The Kier molecular flexibility index (Phi) is 4.31. The number of fused-ring (bicyclic) bond motifs is 1. The van der Waals surface area contributed by atoms with E-state index in [2.05, 4.69) is 20.6 Å². The quantitative estimate of drug-likeness (QED) is 0.857. The number of imidazole rings is 1. The molecule has 2 rings (SSSR count). The highest BCUT2D eigenvalue weighted by Crippen LogP contribution is 2.21. The van der Waals surface area contributed by atoms with E-state index in [0.29, 0.717) is 17.3 Å². The minimum Gasteiger partial charge on any atom is -0.369 e. The minimum absolute atomic E-state index is 0.226. The first kappa shape index (κ1) is 14.4. The molecule has 0 aliphatic heterocycles. The van der Waals surface area contributed by atoms with E-state index in [1.54, 1.807) is 23.0 Å². The van der Waals surface area contributed by atoms with Gasteiger partial charge in [0.05, 0.1) is 12.6 Å². The maximum Gasteiger partial charge on any atom is 0.390 e. The summed E-state index contributed by atoms with van der Waals surface area (Å²) in [5, 5.41) is 5.79. The van der Waals surface area contributed by atoms with Crippen molar-refractivity contribution in [1.82, 2.24) is 14.4 Å². The average Bonchev–Trinajstić information content (AvgIpc) is 2.83. The Bertz CT molecular complexity index is 564. The summed E-state index contributed by atoms with van der Waals surface area (Å²) in [5.74, 6) is 0.951. The smallest absolute Gasteiger partial charge is 0.369 e. The fourth-order valence-corrected chi connectivity index (χ4v) is 1.71. The van der Waals surface area contributed by atoms with E-state index in [-0.39, 0.29) is 6.54 Å². The molecular formula is C12H16F3N5. The summed E-state index contributed by atoms with van der Waals surface area (Å²) in [4.78, 5) is 8.34. The molecule has 0 aliphatic rings. The van der Waals surface area contributed by atoms with E-state index in [0.717, 1.165) is 13.0 Å². The van der Waals surface area contributed by atoms with Crippen molar-refractivity contribution in [2.45, 2.75) is 25.9 Å². The second-order valence-electron chi connectivity index (χ2n) is 4.35. The summed E-state index contributed by atoms with van der Waals surface area (Å²) in [7, 11) is 0. The third-order valence-corrected chi connectivity index (χ3v) is 2.63. The molecule has 0 unspecified atom stereocenters. The van der Waals surface area contributed by atoms with Gasteiger partial charge in [-0.1, -0.05) is 6.92 Å². The zero-order chi connectivity index (χ0) is 14.6. The number of nitrogens with one attached hydrogen (secondary N) is 2. The second-order valence-corrected chi connectivity index (χ2v) is 4.35. The van der Waals surface area contributed by atoms with E-state index in [4.69, 9.17) is 0 Å². The molecule has 0 amide bonds. The van der Waals surface area contributed by atoms with E-state index in [9.17, 15) is 13.2 Å². The SMILES string of the molecule is CCCNc1cn2ccnc2c(NCCC(F)(F)F)n1. The van der Waals surface area contributed by atoms with Crippen LogP contribution >= 0.6 is 0 Å². The number of alkyl halides is 3. The fourth-order valence-electron chi connectivity index (χ4n) is 1.71. The topological polar surface area (TPSA) is 54.2 Å². The number of anilines is 2. The lowest BCUT2D eigenvalue weighted by atomic mass is 10.4. The van der Waals surface area contributed by atoms with Gasteiger partial charge in [-0.25, -0.2) is 9.97 Å². The van der Waals surface area contributed by atoms with Gasteiger partial charge >= 0.3 is 6.18 Å². The number of hydrogen-bond acceptors (Lipinski definition) is 4. The van der Waals surface area contributed by atoms with Crippen LogP contribution in [0, 0.1) is 0 Å². The Balaban J connectivity index is 2.15. The molecule has 2 aromatic rings. The monoisotopic (exact) mass is 287 g/mol. The third-order valence-electron chi connectivity index (χ3n) is 2.63. The maximum atomic E-state index is 12.2. The van der Waals surface area contributed by atoms with Crippen molar-refractivity contribution in [3.63, 3.8) is 0 Å². The molecule has 0 saturated carbocycles. The summed E-state index contributed by atoms with van der Waals surface area (Å²) in [5.41, 5.74) is 0.509. The predicted octanol–water partition coefficient (Wildman–Crippen LogP) is 2.92. The molecule has 5 nitrogen and oxygen atoms in total. The lowest BCUT2D eigenvalue weighted by Gasteiger charge is -2.11. The molecular weight excluding hydrogens is 271 g/mol. The molecule has 0 atom stereocenters. The van der Waals surface area contributed by atoms with Gasteiger partial charge in [0.2, 0.25) is 0 Å². The summed E-state index contributed by atoms with van der Waals surface area (Å²) >= 11 is 0. The average molecular weight is 287 g/mol. The van der Waals surface area contributed by atoms with Gasteiger partial charge in [-0.2, -0.15) is 13.2 Å². The van der Waals surface area contributed by atoms with Crippen molar-refractivity contribution < 1.29 is 13.2 Å². The Morgan fingerprint density at radius 3 is 2.75 bits per heavy atom. The highest BCUT2D eigenvalue weighted by molar-refractivity contribution is 5.65. The van der Waals surface area contributed by atoms with Crippen LogP contribution < -0.4 is 10.6 Å². The van der Waals surface area contributed by atoms with Crippen LogP contribution in [0.15, 0.2) is 18.6 Å². The molecule has 2 heterocycles. The molecule has 0 aliphatic carbocycles. The van der Waals surface area contributed by atoms with Crippen molar-refractivity contribution >= 4 is 17.3 Å². The van der Waals surface area contributed by atoms with E-state index in [1.807, 2.05) is 6.92 Å². The normalized spacial score (nSPS) is 11.8. The van der Waals surface area contributed by atoms with Crippen molar-refractivity contribution in [3.8, 4) is 0 Å². The standard InChI is InChI=1S/C12H16F3N5/c1-2-4-16-9-8-20-7-6-18-11(20)10(19-9)17-5-3-12(13,14)15/h6-8,16H,2-5H2,1H3,(H,17,19). The van der Waals surface area contributed by atoms with Gasteiger partial charge in [0.1, 0.15) is 5.82 Å². The third kappa shape index (κ3) is 3.75. The second kappa shape index (κ2) is 5.98. The largest absolute Gasteiger partial charge is 0.390 e. The van der Waals surface area contributed by atoms with E-state index < -0.39 is 12.6 Å². The Hall–Kier alpha value is -1.99. The highest BCUT2D eigenvalue weighted by Gasteiger charge is 2.26. The summed E-state index contributed by atoms with van der Waals surface area (Å²) in [6.45, 7) is 2.54. The lowest BCUT2D eigenvalue weighted by Crippen LogP contribution is -2.16. The highest BCUT2D eigenvalue weighted by atomic mass is 19.4. The molecule has 110 valence electrons. The van der Waals surface area contributed by atoms with Crippen LogP contribution in [0.5, 0.6) is 0 Å². The summed E-state index contributed by atoms with van der Waals surface area (Å²) in [6, 6.07) is 0. The Morgan fingerprint density at radius 1 is 1.25 bits per heavy atom. The van der Waals surface area contributed by atoms with Gasteiger partial charge in [-0.05, 0) is 6.42 Å². The first-order chi connectivity index (χ1) is 9.49. The molecule has 0 bridgehead atoms. The molecule has 0 spiro atoms. The first-order valence-electron chi connectivity index (χ1n) is 6.38. The molecule has 0 radical (unpaired) electrons. The molecule has 0 aromatic carbocycles. The molecule has 2 N–H and O–H groups in total. The number of hydrogen-bond donors (Lipinski definition) is 2. The van der Waals surface area contributed by atoms with Crippen LogP contribution in [0.4, 0.5) is 24.8 Å². The van der Waals surface area contributed by atoms with Crippen LogP contribution in [0.1, 0.15) is 19.8 Å². The molecule has 20 heavy (non-hydrogen) atoms. The van der Waals surface area contributed by atoms with Gasteiger partial charge in [0.15, 0.2) is 11.5 Å². The molecule has 8 heteroatoms. The van der Waals surface area contributed by atoms with Crippen molar-refractivity contribution in [1.29, 1.82) is 0 Å². The molecule has 0 fully saturated rings. The lowest BCUT2D eigenvalue weighted by molar-refractivity contribution is -0.131.